The van der Waals surface area contributed by atoms with Crippen molar-refractivity contribution in [2.45, 2.75) is 0 Å². The predicted octanol–water partition coefficient (Wildman–Crippen LogP) is 3.48. The van der Waals surface area contributed by atoms with Gasteiger partial charge in [-0.05, 0) is 49.7 Å². The SMILES string of the molecule is Brc1cccc2c1-n1c(nc3ccccc31)[Si]2(c1ccccc1)c1ccccc1. The first kappa shape index (κ1) is 17.0. The van der Waals surface area contributed by atoms with Crippen molar-refractivity contribution >= 4 is 56.0 Å². The molecule has 0 bridgehead atoms. The standard InChI is InChI=1S/C25H17BrN2Si/c26-20-14-9-17-23-24(20)28-22-16-8-7-15-21(22)27-25(28)29(23,18-10-3-1-4-11-18)19-12-5-2-6-13-19/h1-17H. The topological polar surface area (TPSA) is 17.8 Å². The van der Waals surface area contributed by atoms with E-state index in [-0.39, 0.29) is 0 Å². The molecule has 2 nitrogen and oxygen atoms in total. The highest BCUT2D eigenvalue weighted by atomic mass is 79.9. The maximum Gasteiger partial charge on any atom is 0.226 e. The van der Waals surface area contributed by atoms with Crippen LogP contribution < -0.4 is 21.0 Å². The van der Waals surface area contributed by atoms with Crippen LogP contribution in [0.5, 0.6) is 0 Å². The fraction of sp³-hybridized carbons (Fsp3) is 0. The van der Waals surface area contributed by atoms with Crippen molar-refractivity contribution in [1.82, 2.24) is 9.55 Å². The van der Waals surface area contributed by atoms with Crippen LogP contribution in [0, 0.1) is 0 Å². The average Bonchev–Trinajstić information content (AvgIpc) is 3.29. The fourth-order valence-corrected chi connectivity index (χ4v) is 10.4. The Hall–Kier alpha value is -2.95. The number of aromatic nitrogens is 2. The van der Waals surface area contributed by atoms with Crippen LogP contribution in [0.1, 0.15) is 0 Å². The summed E-state index contributed by atoms with van der Waals surface area (Å²) in [4.78, 5) is 5.26. The number of halogens is 1. The largest absolute Gasteiger partial charge is 0.298 e. The number of hydrogen-bond donors (Lipinski definition) is 0. The highest BCUT2D eigenvalue weighted by Crippen LogP contribution is 2.30. The van der Waals surface area contributed by atoms with E-state index in [4.69, 9.17) is 4.98 Å². The number of fused-ring (bicyclic) bond motifs is 5. The van der Waals surface area contributed by atoms with E-state index in [0.717, 1.165) is 15.5 Å². The van der Waals surface area contributed by atoms with Crippen LogP contribution in [0.25, 0.3) is 16.7 Å². The first-order valence-corrected chi connectivity index (χ1v) is 12.5. The number of imidazole rings is 1. The van der Waals surface area contributed by atoms with Crippen molar-refractivity contribution in [3.8, 4) is 5.69 Å². The molecule has 6 rings (SSSR count). The van der Waals surface area contributed by atoms with Gasteiger partial charge in [0.05, 0.1) is 16.7 Å². The molecule has 0 saturated carbocycles. The molecule has 0 aliphatic carbocycles. The molecule has 0 amide bonds. The Kier molecular flexibility index (Phi) is 3.67. The molecular weight excluding hydrogens is 436 g/mol. The first-order valence-electron chi connectivity index (χ1n) is 9.70. The molecule has 0 saturated heterocycles. The molecule has 0 radical (unpaired) electrons. The summed E-state index contributed by atoms with van der Waals surface area (Å²) in [7, 11) is -2.52. The lowest BCUT2D eigenvalue weighted by molar-refractivity contribution is 1.16. The van der Waals surface area contributed by atoms with Crippen LogP contribution in [0.3, 0.4) is 0 Å². The Morgan fingerprint density at radius 3 is 1.97 bits per heavy atom. The van der Waals surface area contributed by atoms with Gasteiger partial charge >= 0.3 is 0 Å². The van der Waals surface area contributed by atoms with Crippen molar-refractivity contribution < 1.29 is 0 Å². The van der Waals surface area contributed by atoms with Crippen LogP contribution in [0.2, 0.25) is 0 Å². The Labute approximate surface area is 178 Å². The highest BCUT2D eigenvalue weighted by Gasteiger charge is 2.52. The van der Waals surface area contributed by atoms with Gasteiger partial charge in [0.15, 0.2) is 0 Å². The minimum atomic E-state index is -2.52. The van der Waals surface area contributed by atoms with Crippen molar-refractivity contribution in [3.05, 3.63) is 108 Å². The minimum Gasteiger partial charge on any atom is -0.298 e. The van der Waals surface area contributed by atoms with Crippen LogP contribution in [-0.2, 0) is 0 Å². The average molecular weight is 453 g/mol. The number of benzene rings is 4. The monoisotopic (exact) mass is 452 g/mol. The van der Waals surface area contributed by atoms with Crippen molar-refractivity contribution in [2.24, 2.45) is 0 Å². The Morgan fingerprint density at radius 1 is 0.655 bits per heavy atom. The van der Waals surface area contributed by atoms with E-state index >= 15 is 0 Å². The van der Waals surface area contributed by atoms with Crippen molar-refractivity contribution in [3.63, 3.8) is 0 Å². The van der Waals surface area contributed by atoms with Crippen LogP contribution in [0.4, 0.5) is 0 Å². The maximum absolute atomic E-state index is 5.26. The van der Waals surface area contributed by atoms with E-state index in [1.54, 1.807) is 0 Å². The lowest BCUT2D eigenvalue weighted by Gasteiger charge is -2.28. The van der Waals surface area contributed by atoms with Gasteiger partial charge in [0, 0.05) is 4.47 Å². The zero-order valence-electron chi connectivity index (χ0n) is 15.6. The first-order chi connectivity index (χ1) is 14.3. The quantitative estimate of drug-likeness (QED) is 0.367. The Morgan fingerprint density at radius 2 is 1.28 bits per heavy atom. The van der Waals surface area contributed by atoms with E-state index < -0.39 is 8.07 Å². The van der Waals surface area contributed by atoms with E-state index in [2.05, 4.69) is 124 Å². The van der Waals surface area contributed by atoms with Crippen LogP contribution >= 0.6 is 15.9 Å². The molecule has 0 N–H and O–H groups in total. The lowest BCUT2D eigenvalue weighted by atomic mass is 10.3. The second kappa shape index (κ2) is 6.27. The van der Waals surface area contributed by atoms with Gasteiger partial charge in [-0.1, -0.05) is 84.9 Å². The summed E-state index contributed by atoms with van der Waals surface area (Å²) >= 11 is 3.86. The van der Waals surface area contributed by atoms with Crippen LogP contribution in [0.15, 0.2) is 108 Å². The van der Waals surface area contributed by atoms with E-state index in [1.165, 1.54) is 26.7 Å². The summed E-state index contributed by atoms with van der Waals surface area (Å²) < 4.78 is 3.50. The van der Waals surface area contributed by atoms with Gasteiger partial charge in [-0.15, -0.1) is 0 Å². The Balaban J connectivity index is 1.87. The minimum absolute atomic E-state index is 1.05. The maximum atomic E-state index is 5.26. The molecule has 1 aromatic heterocycles. The molecule has 29 heavy (non-hydrogen) atoms. The summed E-state index contributed by atoms with van der Waals surface area (Å²) in [6.07, 6.45) is 0. The van der Waals surface area contributed by atoms with Crippen molar-refractivity contribution in [1.29, 1.82) is 0 Å². The fourth-order valence-electron chi connectivity index (χ4n) is 4.78. The highest BCUT2D eigenvalue weighted by molar-refractivity contribution is 9.10. The zero-order valence-corrected chi connectivity index (χ0v) is 18.2. The zero-order chi connectivity index (χ0) is 19.4. The van der Waals surface area contributed by atoms with E-state index in [1.807, 2.05) is 0 Å². The van der Waals surface area contributed by atoms with E-state index in [9.17, 15) is 0 Å². The van der Waals surface area contributed by atoms with Gasteiger partial charge in [0.1, 0.15) is 5.45 Å². The molecule has 0 unspecified atom stereocenters. The molecule has 0 atom stereocenters. The molecule has 1 aliphatic rings. The second-order valence-electron chi connectivity index (χ2n) is 7.38. The summed E-state index contributed by atoms with van der Waals surface area (Å²) in [6, 6.07) is 36.9. The third kappa shape index (κ3) is 2.18. The van der Waals surface area contributed by atoms with Crippen LogP contribution in [-0.4, -0.2) is 17.6 Å². The molecule has 4 heteroatoms. The summed E-state index contributed by atoms with van der Waals surface area (Å²) in [6.45, 7) is 0. The lowest BCUT2D eigenvalue weighted by Crippen LogP contribution is -2.73. The van der Waals surface area contributed by atoms with Gasteiger partial charge in [0.25, 0.3) is 0 Å². The molecule has 5 aromatic rings. The molecule has 1 aliphatic heterocycles. The summed E-state index contributed by atoms with van der Waals surface area (Å²) in [5.74, 6) is 0. The second-order valence-corrected chi connectivity index (χ2v) is 11.9. The van der Waals surface area contributed by atoms with Gasteiger partial charge in [-0.2, -0.15) is 0 Å². The predicted molar refractivity (Wildman–Crippen MR) is 126 cm³/mol. The summed E-state index contributed by atoms with van der Waals surface area (Å²) in [5.41, 5.74) is 4.62. The number of para-hydroxylation sites is 3. The van der Waals surface area contributed by atoms with Gasteiger partial charge in [-0.25, -0.2) is 4.98 Å². The smallest absolute Gasteiger partial charge is 0.226 e. The molecule has 0 fully saturated rings. The Bertz CT molecular complexity index is 1320. The van der Waals surface area contributed by atoms with Gasteiger partial charge < -0.3 is 0 Å². The molecule has 2 heterocycles. The third-order valence-corrected chi connectivity index (χ3v) is 11.2. The number of hydrogen-bond acceptors (Lipinski definition) is 1. The number of nitrogens with zero attached hydrogens (tertiary/aromatic N) is 2. The normalized spacial score (nSPS) is 14.0. The molecule has 138 valence electrons. The molecule has 4 aromatic carbocycles. The van der Waals surface area contributed by atoms with Gasteiger partial charge in [-0.3, -0.25) is 4.57 Å². The summed E-state index contributed by atoms with van der Waals surface area (Å²) in [5, 5.41) is 4.11. The molecule has 0 spiro atoms. The van der Waals surface area contributed by atoms with Gasteiger partial charge in [0.2, 0.25) is 8.07 Å². The number of rotatable bonds is 2. The third-order valence-electron chi connectivity index (χ3n) is 5.92. The van der Waals surface area contributed by atoms with E-state index in [0.29, 0.717) is 0 Å². The molecular formula is C25H17BrN2Si. The van der Waals surface area contributed by atoms with Crippen molar-refractivity contribution in [2.75, 3.05) is 0 Å².